The fraction of sp³-hybridized carbons (Fsp3) is 0.294. The van der Waals surface area contributed by atoms with Crippen LogP contribution in [0.4, 0.5) is 11.5 Å². The third-order valence-electron chi connectivity index (χ3n) is 4.07. The second-order valence-corrected chi connectivity index (χ2v) is 5.70. The van der Waals surface area contributed by atoms with Crippen LogP contribution in [0.3, 0.4) is 0 Å². The molecular formula is C17H20N6O2. The zero-order chi connectivity index (χ0) is 17.8. The summed E-state index contributed by atoms with van der Waals surface area (Å²) in [6.07, 6.45) is 4.16. The van der Waals surface area contributed by atoms with Crippen molar-refractivity contribution in [3.63, 3.8) is 0 Å². The molecule has 1 N–H and O–H groups in total. The van der Waals surface area contributed by atoms with E-state index < -0.39 is 0 Å². The normalized spacial score (nSPS) is 10.8. The summed E-state index contributed by atoms with van der Waals surface area (Å²) in [6, 6.07) is 9.86. The number of anilines is 1. The average molecular weight is 340 g/mol. The van der Waals surface area contributed by atoms with Crippen LogP contribution in [-0.2, 0) is 26.6 Å². The van der Waals surface area contributed by atoms with Crippen molar-refractivity contribution < 1.29 is 4.92 Å². The van der Waals surface area contributed by atoms with E-state index in [0.717, 1.165) is 11.1 Å². The first-order valence-corrected chi connectivity index (χ1v) is 8.08. The molecule has 25 heavy (non-hydrogen) atoms. The lowest BCUT2D eigenvalue weighted by molar-refractivity contribution is -0.384. The predicted octanol–water partition coefficient (Wildman–Crippen LogP) is 2.75. The van der Waals surface area contributed by atoms with Gasteiger partial charge < -0.3 is 5.32 Å². The largest absolute Gasteiger partial charge is 0.360 e. The summed E-state index contributed by atoms with van der Waals surface area (Å²) in [5.74, 6) is 0.427. The minimum Gasteiger partial charge on any atom is -0.360 e. The summed E-state index contributed by atoms with van der Waals surface area (Å²) in [7, 11) is 1.71. The van der Waals surface area contributed by atoms with Gasteiger partial charge in [0.1, 0.15) is 5.69 Å². The summed E-state index contributed by atoms with van der Waals surface area (Å²) >= 11 is 0. The number of nitro groups is 1. The van der Waals surface area contributed by atoms with Gasteiger partial charge in [-0.1, -0.05) is 31.2 Å². The first-order valence-electron chi connectivity index (χ1n) is 8.08. The Hall–Kier alpha value is -3.16. The molecule has 2 aromatic heterocycles. The van der Waals surface area contributed by atoms with E-state index in [-0.39, 0.29) is 10.6 Å². The number of hydrogen-bond acceptors (Lipinski definition) is 5. The molecule has 130 valence electrons. The van der Waals surface area contributed by atoms with Crippen molar-refractivity contribution in [2.75, 3.05) is 5.32 Å². The molecule has 3 rings (SSSR count). The molecule has 0 atom stereocenters. The Bertz CT molecular complexity index is 869. The van der Waals surface area contributed by atoms with Gasteiger partial charge in [0.15, 0.2) is 0 Å². The quantitative estimate of drug-likeness (QED) is 0.527. The maximum Gasteiger partial charge on any atom is 0.333 e. The van der Waals surface area contributed by atoms with Gasteiger partial charge in [-0.15, -0.1) is 0 Å². The maximum atomic E-state index is 11.4. The number of benzene rings is 1. The van der Waals surface area contributed by atoms with Crippen LogP contribution in [-0.4, -0.2) is 24.5 Å². The molecule has 0 aliphatic rings. The average Bonchev–Trinajstić information content (AvgIpc) is 3.21. The summed E-state index contributed by atoms with van der Waals surface area (Å²) in [4.78, 5) is 11.0. The molecule has 0 unspecified atom stereocenters. The minimum atomic E-state index is -0.371. The first kappa shape index (κ1) is 16.7. The highest BCUT2D eigenvalue weighted by Crippen LogP contribution is 2.29. The third-order valence-corrected chi connectivity index (χ3v) is 4.07. The molecule has 2 heterocycles. The third kappa shape index (κ3) is 3.52. The molecule has 0 saturated heterocycles. The van der Waals surface area contributed by atoms with E-state index in [1.807, 2.05) is 48.1 Å². The van der Waals surface area contributed by atoms with Crippen molar-refractivity contribution in [1.82, 2.24) is 19.6 Å². The van der Waals surface area contributed by atoms with Gasteiger partial charge in [0.05, 0.1) is 11.5 Å². The summed E-state index contributed by atoms with van der Waals surface area (Å²) in [5.41, 5.74) is 2.71. The Morgan fingerprint density at radius 1 is 1.24 bits per heavy atom. The molecule has 1 aromatic carbocycles. The van der Waals surface area contributed by atoms with E-state index in [1.54, 1.807) is 13.2 Å². The number of nitrogens with zero attached hydrogens (tertiary/aromatic N) is 5. The Kier molecular flexibility index (Phi) is 4.78. The zero-order valence-electron chi connectivity index (χ0n) is 14.2. The SMILES string of the molecule is CCc1nn(C)c(NCc2ccccc2Cn2cccn2)c1[N+](=O)[O-]. The van der Waals surface area contributed by atoms with Gasteiger partial charge in [0, 0.05) is 26.0 Å². The summed E-state index contributed by atoms with van der Waals surface area (Å²) in [6.45, 7) is 2.98. The van der Waals surface area contributed by atoms with Crippen molar-refractivity contribution >= 4 is 11.5 Å². The first-order chi connectivity index (χ1) is 12.1. The zero-order valence-corrected chi connectivity index (χ0v) is 14.2. The van der Waals surface area contributed by atoms with E-state index in [2.05, 4.69) is 15.5 Å². The van der Waals surface area contributed by atoms with Crippen molar-refractivity contribution in [1.29, 1.82) is 0 Å². The number of rotatable bonds is 7. The predicted molar refractivity (Wildman–Crippen MR) is 94.3 cm³/mol. The van der Waals surface area contributed by atoms with Crippen LogP contribution in [0.15, 0.2) is 42.7 Å². The van der Waals surface area contributed by atoms with Gasteiger partial charge >= 0.3 is 5.69 Å². The Labute approximate surface area is 145 Å². The van der Waals surface area contributed by atoms with Crippen molar-refractivity contribution in [2.24, 2.45) is 7.05 Å². The molecule has 0 bridgehead atoms. The monoisotopic (exact) mass is 340 g/mol. The molecule has 0 aliphatic heterocycles. The molecule has 0 saturated carbocycles. The molecule has 0 radical (unpaired) electrons. The van der Waals surface area contributed by atoms with E-state index >= 15 is 0 Å². The van der Waals surface area contributed by atoms with E-state index in [4.69, 9.17) is 0 Å². The second kappa shape index (κ2) is 7.16. The standard InChI is InChI=1S/C17H20N6O2/c1-3-15-16(23(24)25)17(21(2)20-15)18-11-13-7-4-5-8-14(13)12-22-10-6-9-19-22/h4-10,18H,3,11-12H2,1-2H3. The van der Waals surface area contributed by atoms with Crippen LogP contribution in [0.25, 0.3) is 0 Å². The molecule has 8 nitrogen and oxygen atoms in total. The number of aromatic nitrogens is 4. The Morgan fingerprint density at radius 2 is 2.00 bits per heavy atom. The van der Waals surface area contributed by atoms with Crippen LogP contribution in [0.2, 0.25) is 0 Å². The van der Waals surface area contributed by atoms with Gasteiger partial charge in [-0.25, -0.2) is 4.68 Å². The summed E-state index contributed by atoms with van der Waals surface area (Å²) in [5, 5.41) is 23.1. The van der Waals surface area contributed by atoms with Gasteiger partial charge in [-0.2, -0.15) is 10.2 Å². The van der Waals surface area contributed by atoms with E-state index in [1.165, 1.54) is 4.68 Å². The second-order valence-electron chi connectivity index (χ2n) is 5.70. The fourth-order valence-corrected chi connectivity index (χ4v) is 2.83. The lowest BCUT2D eigenvalue weighted by atomic mass is 10.1. The Morgan fingerprint density at radius 3 is 2.64 bits per heavy atom. The van der Waals surface area contributed by atoms with Gasteiger partial charge in [0.2, 0.25) is 5.82 Å². The topological polar surface area (TPSA) is 90.8 Å². The molecule has 3 aromatic rings. The van der Waals surface area contributed by atoms with E-state index in [9.17, 15) is 10.1 Å². The number of hydrogen-bond donors (Lipinski definition) is 1. The summed E-state index contributed by atoms with van der Waals surface area (Å²) < 4.78 is 3.38. The van der Waals surface area contributed by atoms with Crippen molar-refractivity contribution in [3.8, 4) is 0 Å². The highest BCUT2D eigenvalue weighted by molar-refractivity contribution is 5.60. The molecular weight excluding hydrogens is 320 g/mol. The molecule has 0 fully saturated rings. The van der Waals surface area contributed by atoms with Crippen LogP contribution in [0.5, 0.6) is 0 Å². The molecule has 8 heteroatoms. The minimum absolute atomic E-state index is 0.0505. The van der Waals surface area contributed by atoms with Crippen molar-refractivity contribution in [2.45, 2.75) is 26.4 Å². The van der Waals surface area contributed by atoms with Crippen LogP contribution in [0.1, 0.15) is 23.7 Å². The van der Waals surface area contributed by atoms with Gasteiger partial charge in [-0.3, -0.25) is 14.8 Å². The van der Waals surface area contributed by atoms with Gasteiger partial charge in [0.25, 0.3) is 0 Å². The lowest BCUT2D eigenvalue weighted by Crippen LogP contribution is -2.10. The van der Waals surface area contributed by atoms with E-state index in [0.29, 0.717) is 31.0 Å². The van der Waals surface area contributed by atoms with Gasteiger partial charge in [-0.05, 0) is 23.6 Å². The van der Waals surface area contributed by atoms with Crippen LogP contribution in [0, 0.1) is 10.1 Å². The fourth-order valence-electron chi connectivity index (χ4n) is 2.83. The molecule has 0 amide bonds. The number of aryl methyl sites for hydroxylation is 2. The lowest BCUT2D eigenvalue weighted by Gasteiger charge is -2.11. The maximum absolute atomic E-state index is 11.4. The smallest absolute Gasteiger partial charge is 0.333 e. The molecule has 0 spiro atoms. The number of nitrogens with one attached hydrogen (secondary N) is 1. The van der Waals surface area contributed by atoms with Crippen molar-refractivity contribution in [3.05, 3.63) is 69.7 Å². The van der Waals surface area contributed by atoms with Crippen LogP contribution >= 0.6 is 0 Å². The van der Waals surface area contributed by atoms with Crippen LogP contribution < -0.4 is 5.32 Å². The Balaban J connectivity index is 1.83. The molecule has 0 aliphatic carbocycles. The highest BCUT2D eigenvalue weighted by atomic mass is 16.6. The highest BCUT2D eigenvalue weighted by Gasteiger charge is 2.25.